The first kappa shape index (κ1) is 17.5. The van der Waals surface area contributed by atoms with Crippen LogP contribution in [0.3, 0.4) is 0 Å². The molecule has 0 aliphatic rings. The molecule has 0 fully saturated rings. The van der Waals surface area contributed by atoms with Crippen molar-refractivity contribution < 1.29 is 9.53 Å². The molecule has 1 aromatic rings. The third-order valence-electron chi connectivity index (χ3n) is 3.41. The fourth-order valence-corrected chi connectivity index (χ4v) is 1.95. The average Bonchev–Trinajstić information content (AvgIpc) is 2.44. The monoisotopic (exact) mass is 292 g/mol. The van der Waals surface area contributed by atoms with E-state index in [1.807, 2.05) is 18.2 Å². The zero-order chi connectivity index (χ0) is 15.9. The summed E-state index contributed by atoms with van der Waals surface area (Å²) in [5.41, 5.74) is 6.76. The van der Waals surface area contributed by atoms with Crippen LogP contribution < -0.4 is 10.5 Å². The number of nitrogens with two attached hydrogens (primary N) is 1. The van der Waals surface area contributed by atoms with E-state index in [9.17, 15) is 4.79 Å². The fourth-order valence-electron chi connectivity index (χ4n) is 1.95. The molecule has 0 aliphatic heterocycles. The Morgan fingerprint density at radius 2 is 2.05 bits per heavy atom. The zero-order valence-electron chi connectivity index (χ0n) is 13.7. The molecule has 0 unspecified atom stereocenters. The van der Waals surface area contributed by atoms with Crippen LogP contribution in [0.25, 0.3) is 0 Å². The standard InChI is InChI=1S/C17H28N2O2/c1-17(2,3)14-7-5-8-15(13-14)21-12-9-16(20)19(4)11-6-10-18/h5,7-8,13H,6,9-12,18H2,1-4H3. The minimum absolute atomic E-state index is 0.0930. The van der Waals surface area contributed by atoms with Gasteiger partial charge in [0.1, 0.15) is 5.75 Å². The van der Waals surface area contributed by atoms with Crippen molar-refractivity contribution >= 4 is 5.91 Å². The van der Waals surface area contributed by atoms with E-state index in [-0.39, 0.29) is 11.3 Å². The van der Waals surface area contributed by atoms with Gasteiger partial charge < -0.3 is 15.4 Å². The molecule has 1 rings (SSSR count). The smallest absolute Gasteiger partial charge is 0.225 e. The van der Waals surface area contributed by atoms with Gasteiger partial charge in [-0.1, -0.05) is 32.9 Å². The van der Waals surface area contributed by atoms with E-state index in [4.69, 9.17) is 10.5 Å². The molecule has 0 aromatic heterocycles. The molecule has 0 bridgehead atoms. The van der Waals surface area contributed by atoms with Gasteiger partial charge in [0, 0.05) is 13.6 Å². The first-order chi connectivity index (χ1) is 9.84. The molecular weight excluding hydrogens is 264 g/mol. The fraction of sp³-hybridized carbons (Fsp3) is 0.588. The minimum atomic E-state index is 0.0930. The summed E-state index contributed by atoms with van der Waals surface area (Å²) in [6, 6.07) is 8.06. The number of carbonyl (C=O) groups is 1. The van der Waals surface area contributed by atoms with E-state index in [0.29, 0.717) is 26.1 Å². The summed E-state index contributed by atoms with van der Waals surface area (Å²) in [4.78, 5) is 13.6. The lowest BCUT2D eigenvalue weighted by Crippen LogP contribution is -2.30. The zero-order valence-corrected chi connectivity index (χ0v) is 13.7. The number of carbonyl (C=O) groups excluding carboxylic acids is 1. The van der Waals surface area contributed by atoms with E-state index < -0.39 is 0 Å². The third-order valence-corrected chi connectivity index (χ3v) is 3.41. The molecule has 0 spiro atoms. The Morgan fingerprint density at radius 3 is 2.67 bits per heavy atom. The van der Waals surface area contributed by atoms with Gasteiger partial charge in [0.2, 0.25) is 5.91 Å². The highest BCUT2D eigenvalue weighted by Gasteiger charge is 2.14. The van der Waals surface area contributed by atoms with Crippen LogP contribution in [0, 0.1) is 0 Å². The number of hydrogen-bond donors (Lipinski definition) is 1. The number of rotatable bonds is 7. The van der Waals surface area contributed by atoms with Crippen molar-refractivity contribution in [3.05, 3.63) is 29.8 Å². The Morgan fingerprint density at radius 1 is 1.33 bits per heavy atom. The maximum Gasteiger partial charge on any atom is 0.225 e. The molecule has 21 heavy (non-hydrogen) atoms. The maximum absolute atomic E-state index is 11.9. The van der Waals surface area contributed by atoms with Gasteiger partial charge in [-0.15, -0.1) is 0 Å². The second kappa shape index (κ2) is 8.03. The van der Waals surface area contributed by atoms with E-state index in [0.717, 1.165) is 12.2 Å². The quantitative estimate of drug-likeness (QED) is 0.840. The maximum atomic E-state index is 11.9. The molecule has 0 saturated heterocycles. The van der Waals surface area contributed by atoms with Crippen molar-refractivity contribution in [2.75, 3.05) is 26.7 Å². The van der Waals surface area contributed by atoms with Gasteiger partial charge in [-0.25, -0.2) is 0 Å². The Labute approximate surface area is 128 Å². The van der Waals surface area contributed by atoms with Gasteiger partial charge in [0.15, 0.2) is 0 Å². The number of amides is 1. The van der Waals surface area contributed by atoms with Crippen LogP contribution in [-0.2, 0) is 10.2 Å². The second-order valence-corrected chi connectivity index (χ2v) is 6.33. The Hall–Kier alpha value is -1.55. The molecule has 4 heteroatoms. The van der Waals surface area contributed by atoms with Crippen molar-refractivity contribution in [2.24, 2.45) is 5.73 Å². The van der Waals surface area contributed by atoms with E-state index in [1.54, 1.807) is 11.9 Å². The summed E-state index contributed by atoms with van der Waals surface area (Å²) in [6.07, 6.45) is 1.22. The lowest BCUT2D eigenvalue weighted by atomic mass is 9.87. The summed E-state index contributed by atoms with van der Waals surface area (Å²) < 4.78 is 5.69. The predicted octanol–water partition coefficient (Wildman–Crippen LogP) is 2.56. The van der Waals surface area contributed by atoms with Crippen LogP contribution in [0.1, 0.15) is 39.2 Å². The lowest BCUT2D eigenvalue weighted by molar-refractivity contribution is -0.130. The number of nitrogens with zero attached hydrogens (tertiary/aromatic N) is 1. The van der Waals surface area contributed by atoms with Crippen LogP contribution in [0.4, 0.5) is 0 Å². The summed E-state index contributed by atoms with van der Waals surface area (Å²) in [7, 11) is 1.80. The second-order valence-electron chi connectivity index (χ2n) is 6.33. The van der Waals surface area contributed by atoms with Crippen molar-refractivity contribution in [3.63, 3.8) is 0 Å². The molecule has 118 valence electrons. The normalized spacial score (nSPS) is 11.3. The highest BCUT2D eigenvalue weighted by molar-refractivity contribution is 5.75. The summed E-state index contributed by atoms with van der Waals surface area (Å²) in [6.45, 7) is 8.22. The first-order valence-electron chi connectivity index (χ1n) is 7.52. The first-order valence-corrected chi connectivity index (χ1v) is 7.52. The molecule has 1 amide bonds. The molecular formula is C17H28N2O2. The lowest BCUT2D eigenvalue weighted by Gasteiger charge is -2.20. The largest absolute Gasteiger partial charge is 0.493 e. The highest BCUT2D eigenvalue weighted by atomic mass is 16.5. The molecule has 1 aromatic carbocycles. The molecule has 2 N–H and O–H groups in total. The van der Waals surface area contributed by atoms with E-state index in [1.165, 1.54) is 5.56 Å². The third kappa shape index (κ3) is 6.17. The van der Waals surface area contributed by atoms with Gasteiger partial charge in [-0.2, -0.15) is 0 Å². The van der Waals surface area contributed by atoms with Crippen molar-refractivity contribution in [2.45, 2.75) is 39.0 Å². The van der Waals surface area contributed by atoms with Gasteiger partial charge in [-0.3, -0.25) is 4.79 Å². The minimum Gasteiger partial charge on any atom is -0.493 e. The van der Waals surface area contributed by atoms with E-state index >= 15 is 0 Å². The number of hydrogen-bond acceptors (Lipinski definition) is 3. The van der Waals surface area contributed by atoms with Crippen LogP contribution >= 0.6 is 0 Å². The molecule has 0 aliphatic carbocycles. The topological polar surface area (TPSA) is 55.6 Å². The van der Waals surface area contributed by atoms with Crippen molar-refractivity contribution in [3.8, 4) is 5.75 Å². The summed E-state index contributed by atoms with van der Waals surface area (Å²) >= 11 is 0. The van der Waals surface area contributed by atoms with Crippen LogP contribution in [-0.4, -0.2) is 37.6 Å². The van der Waals surface area contributed by atoms with Gasteiger partial charge in [-0.05, 0) is 36.1 Å². The Bertz CT molecular complexity index is 452. The Balaban J connectivity index is 2.44. The molecule has 0 saturated carbocycles. The van der Waals surface area contributed by atoms with Gasteiger partial charge >= 0.3 is 0 Å². The molecule has 0 radical (unpaired) electrons. The SMILES string of the molecule is CN(CCCN)C(=O)CCOc1cccc(C(C)(C)C)c1. The van der Waals surface area contributed by atoms with Gasteiger partial charge in [0.25, 0.3) is 0 Å². The van der Waals surface area contributed by atoms with Crippen molar-refractivity contribution in [1.29, 1.82) is 0 Å². The molecule has 0 heterocycles. The van der Waals surface area contributed by atoms with Crippen LogP contribution in [0.2, 0.25) is 0 Å². The van der Waals surface area contributed by atoms with Gasteiger partial charge in [0.05, 0.1) is 13.0 Å². The summed E-state index contributed by atoms with van der Waals surface area (Å²) in [5, 5.41) is 0. The molecule has 0 atom stereocenters. The number of ether oxygens (including phenoxy) is 1. The average molecular weight is 292 g/mol. The van der Waals surface area contributed by atoms with E-state index in [2.05, 4.69) is 26.8 Å². The highest BCUT2D eigenvalue weighted by Crippen LogP contribution is 2.25. The van der Waals surface area contributed by atoms with Crippen LogP contribution in [0.5, 0.6) is 5.75 Å². The predicted molar refractivity (Wildman–Crippen MR) is 86.6 cm³/mol. The summed E-state index contributed by atoms with van der Waals surface area (Å²) in [5.74, 6) is 0.912. The Kier molecular flexibility index (Phi) is 6.69. The number of benzene rings is 1. The van der Waals surface area contributed by atoms with Crippen molar-refractivity contribution in [1.82, 2.24) is 4.90 Å². The van der Waals surface area contributed by atoms with Crippen LogP contribution in [0.15, 0.2) is 24.3 Å². The molecule has 4 nitrogen and oxygen atoms in total.